The summed E-state index contributed by atoms with van der Waals surface area (Å²) in [5.74, 6) is 4.00. The Bertz CT molecular complexity index is 432. The van der Waals surface area contributed by atoms with Crippen LogP contribution in [0.15, 0.2) is 0 Å². The minimum Gasteiger partial charge on any atom is -0.0847 e. The fourth-order valence-corrected chi connectivity index (χ4v) is 8.81. The molecule has 0 bridgehead atoms. The topological polar surface area (TPSA) is 0 Å². The Balaban J connectivity index is 1.71. The molecule has 0 unspecified atom stereocenters. The van der Waals surface area contributed by atoms with Gasteiger partial charge in [-0.25, -0.2) is 0 Å². The van der Waals surface area contributed by atoms with Crippen LogP contribution in [0.4, 0.5) is 0 Å². The monoisotopic (exact) mass is 352 g/mol. The quantitative estimate of drug-likeness (QED) is 0.432. The highest BCUT2D eigenvalue weighted by Gasteiger charge is 2.63. The Morgan fingerprint density at radius 3 is 2.38 bits per heavy atom. The van der Waals surface area contributed by atoms with Crippen LogP contribution in [0.1, 0.15) is 85.0 Å². The van der Waals surface area contributed by atoms with Gasteiger partial charge in [0.2, 0.25) is 0 Å². The van der Waals surface area contributed by atoms with Gasteiger partial charge < -0.3 is 0 Å². The van der Waals surface area contributed by atoms with E-state index in [0.717, 1.165) is 23.7 Å². The summed E-state index contributed by atoms with van der Waals surface area (Å²) >= 11 is 4.32. The average Bonchev–Trinajstić information content (AvgIpc) is 2.83. The fourth-order valence-electron chi connectivity index (χ4n) is 7.61. The molecule has 4 fully saturated rings. The maximum atomic E-state index is 4.32. The molecular formula is C20H33Br. The van der Waals surface area contributed by atoms with E-state index in [-0.39, 0.29) is 0 Å². The summed E-state index contributed by atoms with van der Waals surface area (Å²) in [6, 6.07) is 0. The van der Waals surface area contributed by atoms with Crippen LogP contribution in [-0.4, -0.2) is 4.32 Å². The van der Waals surface area contributed by atoms with Gasteiger partial charge in [-0.05, 0) is 79.4 Å². The summed E-state index contributed by atoms with van der Waals surface area (Å²) in [4.78, 5) is 0. The third kappa shape index (κ3) is 1.85. The van der Waals surface area contributed by atoms with Gasteiger partial charge in [0.05, 0.1) is 0 Å². The summed E-state index contributed by atoms with van der Waals surface area (Å²) in [5, 5.41) is 0. The van der Waals surface area contributed by atoms with Crippen molar-refractivity contribution in [2.75, 3.05) is 0 Å². The number of halogens is 1. The molecule has 0 aliphatic heterocycles. The number of hydrogen-bond acceptors (Lipinski definition) is 0. The lowest BCUT2D eigenvalue weighted by Crippen LogP contribution is -2.61. The van der Waals surface area contributed by atoms with E-state index in [1.54, 1.807) is 0 Å². The van der Waals surface area contributed by atoms with E-state index in [9.17, 15) is 0 Å². The Kier molecular flexibility index (Phi) is 3.40. The zero-order valence-electron chi connectivity index (χ0n) is 14.3. The lowest BCUT2D eigenvalue weighted by molar-refractivity contribution is -0.112. The number of rotatable bonds is 0. The highest BCUT2D eigenvalue weighted by Crippen LogP contribution is 2.70. The van der Waals surface area contributed by atoms with Gasteiger partial charge in [0.15, 0.2) is 0 Å². The Hall–Kier alpha value is 0.480. The van der Waals surface area contributed by atoms with Gasteiger partial charge in [-0.3, -0.25) is 0 Å². The van der Waals surface area contributed by atoms with Gasteiger partial charge >= 0.3 is 0 Å². The van der Waals surface area contributed by atoms with E-state index in [1.165, 1.54) is 64.2 Å². The smallest absolute Gasteiger partial charge is 0.0316 e. The summed E-state index contributed by atoms with van der Waals surface area (Å²) in [6.45, 7) is 7.88. The third-order valence-electron chi connectivity index (χ3n) is 9.06. The molecule has 0 spiro atoms. The highest BCUT2D eigenvalue weighted by atomic mass is 79.9. The maximum absolute atomic E-state index is 4.32. The van der Waals surface area contributed by atoms with Crippen LogP contribution < -0.4 is 0 Å². The Labute approximate surface area is 140 Å². The van der Waals surface area contributed by atoms with Crippen LogP contribution in [0, 0.1) is 34.5 Å². The molecule has 4 aliphatic rings. The van der Waals surface area contributed by atoms with Crippen LogP contribution in [0.25, 0.3) is 0 Å². The molecule has 0 aromatic heterocycles. The predicted octanol–water partition coefficient (Wildman–Crippen LogP) is 6.57. The van der Waals surface area contributed by atoms with Gasteiger partial charge in [0.25, 0.3) is 0 Å². The summed E-state index contributed by atoms with van der Waals surface area (Å²) < 4.78 is 0.463. The molecule has 0 heterocycles. The summed E-state index contributed by atoms with van der Waals surface area (Å²) in [7, 11) is 0. The molecule has 0 aromatic rings. The second-order valence-corrected chi connectivity index (χ2v) is 11.1. The van der Waals surface area contributed by atoms with Gasteiger partial charge in [0.1, 0.15) is 0 Å². The third-order valence-corrected chi connectivity index (χ3v) is 10.7. The molecule has 4 aliphatic carbocycles. The van der Waals surface area contributed by atoms with E-state index < -0.39 is 0 Å². The van der Waals surface area contributed by atoms with Gasteiger partial charge in [-0.1, -0.05) is 56.0 Å². The predicted molar refractivity (Wildman–Crippen MR) is 93.7 cm³/mol. The lowest BCUT2D eigenvalue weighted by Gasteiger charge is -2.65. The number of hydrogen-bond donors (Lipinski definition) is 0. The van der Waals surface area contributed by atoms with Crippen molar-refractivity contribution in [1.82, 2.24) is 0 Å². The molecule has 7 atom stereocenters. The van der Waals surface area contributed by atoms with Crippen molar-refractivity contribution in [2.45, 2.75) is 89.3 Å². The van der Waals surface area contributed by atoms with Crippen molar-refractivity contribution in [3.8, 4) is 0 Å². The average molecular weight is 353 g/mol. The van der Waals surface area contributed by atoms with Crippen LogP contribution in [0.5, 0.6) is 0 Å². The minimum atomic E-state index is 0.463. The highest BCUT2D eigenvalue weighted by molar-refractivity contribution is 9.10. The van der Waals surface area contributed by atoms with Crippen molar-refractivity contribution >= 4 is 15.9 Å². The second-order valence-electron chi connectivity index (χ2n) is 9.54. The van der Waals surface area contributed by atoms with Crippen molar-refractivity contribution in [3.63, 3.8) is 0 Å². The first kappa shape index (κ1) is 15.0. The van der Waals surface area contributed by atoms with Crippen molar-refractivity contribution < 1.29 is 0 Å². The first-order valence-electron chi connectivity index (χ1n) is 9.60. The molecule has 4 rings (SSSR count). The zero-order valence-corrected chi connectivity index (χ0v) is 15.8. The maximum Gasteiger partial charge on any atom is 0.0316 e. The molecule has 4 saturated carbocycles. The number of fused-ring (bicyclic) bond motifs is 5. The van der Waals surface area contributed by atoms with E-state index in [2.05, 4.69) is 36.7 Å². The first-order chi connectivity index (χ1) is 9.91. The molecule has 0 saturated heterocycles. The van der Waals surface area contributed by atoms with Gasteiger partial charge in [0, 0.05) is 4.32 Å². The molecule has 0 radical (unpaired) electrons. The Morgan fingerprint density at radius 2 is 1.57 bits per heavy atom. The molecule has 0 aromatic carbocycles. The van der Waals surface area contributed by atoms with E-state index in [0.29, 0.717) is 15.2 Å². The SMILES string of the molecule is C[C@@H]1CCC[C@]2(Br)CC[C@H]3[C@@H]4CCC[C@@]4(C)CC[C@@H]3[C@@]12C. The molecule has 1 heteroatoms. The van der Waals surface area contributed by atoms with Crippen molar-refractivity contribution in [1.29, 1.82) is 0 Å². The second kappa shape index (κ2) is 4.74. The van der Waals surface area contributed by atoms with Gasteiger partial charge in [-0.2, -0.15) is 0 Å². The van der Waals surface area contributed by atoms with Gasteiger partial charge in [-0.15, -0.1) is 0 Å². The van der Waals surface area contributed by atoms with E-state index in [4.69, 9.17) is 0 Å². The first-order valence-corrected chi connectivity index (χ1v) is 10.4. The van der Waals surface area contributed by atoms with Crippen LogP contribution in [0.2, 0.25) is 0 Å². The van der Waals surface area contributed by atoms with Crippen molar-refractivity contribution in [3.05, 3.63) is 0 Å². The normalized spacial score (nSPS) is 60.0. The Morgan fingerprint density at radius 1 is 0.810 bits per heavy atom. The number of alkyl halides is 1. The largest absolute Gasteiger partial charge is 0.0847 e. The fraction of sp³-hybridized carbons (Fsp3) is 1.00. The summed E-state index contributed by atoms with van der Waals surface area (Å²) in [5.41, 5.74) is 1.26. The minimum absolute atomic E-state index is 0.463. The summed E-state index contributed by atoms with van der Waals surface area (Å²) in [6.07, 6.45) is 14.9. The molecule has 120 valence electrons. The van der Waals surface area contributed by atoms with Crippen LogP contribution in [0.3, 0.4) is 0 Å². The molecule has 0 nitrogen and oxygen atoms in total. The standard InChI is InChI=1S/C20H33Br/c1-14-6-4-11-20(21)13-8-15-16-7-5-10-18(16,2)12-9-17(15)19(14,20)3/h14-17H,4-13H2,1-3H3/t14-,15+,16+,17+,18+,19-,20+/m1/s1. The molecule has 0 amide bonds. The lowest BCUT2D eigenvalue weighted by atomic mass is 9.43. The molecular weight excluding hydrogens is 320 g/mol. The zero-order chi connectivity index (χ0) is 14.9. The molecule has 21 heavy (non-hydrogen) atoms. The van der Waals surface area contributed by atoms with E-state index >= 15 is 0 Å². The van der Waals surface area contributed by atoms with E-state index in [1.807, 2.05) is 0 Å². The van der Waals surface area contributed by atoms with Crippen LogP contribution >= 0.6 is 15.9 Å². The van der Waals surface area contributed by atoms with Crippen LogP contribution in [-0.2, 0) is 0 Å². The van der Waals surface area contributed by atoms with Crippen molar-refractivity contribution in [2.24, 2.45) is 34.5 Å². The molecule has 0 N–H and O–H groups in total.